The van der Waals surface area contributed by atoms with Gasteiger partial charge < -0.3 is 4.90 Å². The van der Waals surface area contributed by atoms with Crippen molar-refractivity contribution in [3.05, 3.63) is 95.6 Å². The molecule has 5 rings (SSSR count). The van der Waals surface area contributed by atoms with Crippen LogP contribution in [0.25, 0.3) is 11.0 Å². The standard InChI is InChI=1S/C24H24N4/c1-19-11-13-21(14-12-19)16-27-17-26(15-20-7-3-2-4-8-20)18-28-23-10-6-5-9-22(23)25-24(27)28/h2-14H,15-18H2,1H3. The molecule has 1 aliphatic heterocycles. The minimum absolute atomic E-state index is 0.856. The zero-order valence-electron chi connectivity index (χ0n) is 16.1. The van der Waals surface area contributed by atoms with Gasteiger partial charge >= 0.3 is 0 Å². The molecule has 0 spiro atoms. The average Bonchev–Trinajstić information content (AvgIpc) is 3.10. The van der Waals surface area contributed by atoms with Crippen LogP contribution >= 0.6 is 0 Å². The van der Waals surface area contributed by atoms with Gasteiger partial charge in [0.1, 0.15) is 0 Å². The van der Waals surface area contributed by atoms with Crippen molar-refractivity contribution in [2.24, 2.45) is 0 Å². The lowest BCUT2D eigenvalue weighted by Crippen LogP contribution is -2.44. The Hall–Kier alpha value is -3.11. The summed E-state index contributed by atoms with van der Waals surface area (Å²) in [5, 5.41) is 0. The predicted octanol–water partition coefficient (Wildman–Crippen LogP) is 4.78. The highest BCUT2D eigenvalue weighted by atomic mass is 15.5. The van der Waals surface area contributed by atoms with Gasteiger partial charge in [-0.15, -0.1) is 0 Å². The fourth-order valence-corrected chi connectivity index (χ4v) is 3.97. The number of para-hydroxylation sites is 2. The van der Waals surface area contributed by atoms with Crippen LogP contribution in [-0.4, -0.2) is 21.1 Å². The van der Waals surface area contributed by atoms with E-state index in [9.17, 15) is 0 Å². The highest BCUT2D eigenvalue weighted by Gasteiger charge is 2.26. The van der Waals surface area contributed by atoms with Gasteiger partial charge in [0.2, 0.25) is 5.95 Å². The third-order valence-electron chi connectivity index (χ3n) is 5.37. The second-order valence-electron chi connectivity index (χ2n) is 7.61. The minimum atomic E-state index is 0.856. The number of imidazole rings is 1. The van der Waals surface area contributed by atoms with Crippen molar-refractivity contribution in [1.29, 1.82) is 0 Å². The van der Waals surface area contributed by atoms with Crippen molar-refractivity contribution < 1.29 is 0 Å². The first-order valence-corrected chi connectivity index (χ1v) is 9.78. The van der Waals surface area contributed by atoms with Crippen LogP contribution < -0.4 is 4.90 Å². The molecule has 1 aromatic heterocycles. The number of rotatable bonds is 4. The van der Waals surface area contributed by atoms with Crippen LogP contribution in [0.15, 0.2) is 78.9 Å². The summed E-state index contributed by atoms with van der Waals surface area (Å²) in [6.07, 6.45) is 0. The molecule has 140 valence electrons. The molecular weight excluding hydrogens is 344 g/mol. The molecule has 1 aliphatic rings. The van der Waals surface area contributed by atoms with Crippen molar-refractivity contribution in [3.63, 3.8) is 0 Å². The van der Waals surface area contributed by atoms with E-state index >= 15 is 0 Å². The quantitative estimate of drug-likeness (QED) is 0.518. The number of anilines is 1. The Balaban J connectivity index is 1.50. The fraction of sp³-hybridized carbons (Fsp3) is 0.208. The summed E-state index contributed by atoms with van der Waals surface area (Å²) in [6.45, 7) is 5.64. The molecule has 3 aromatic carbocycles. The lowest BCUT2D eigenvalue weighted by atomic mass is 10.1. The lowest BCUT2D eigenvalue weighted by Gasteiger charge is -2.37. The Kier molecular flexibility index (Phi) is 4.34. The largest absolute Gasteiger partial charge is 0.325 e. The first kappa shape index (κ1) is 17.0. The molecule has 4 heteroatoms. The molecule has 0 amide bonds. The summed E-state index contributed by atoms with van der Waals surface area (Å²) in [4.78, 5) is 9.81. The lowest BCUT2D eigenvalue weighted by molar-refractivity contribution is 0.189. The summed E-state index contributed by atoms with van der Waals surface area (Å²) in [5.74, 6) is 1.06. The summed E-state index contributed by atoms with van der Waals surface area (Å²) in [7, 11) is 0. The monoisotopic (exact) mass is 368 g/mol. The smallest absolute Gasteiger partial charge is 0.209 e. The molecule has 2 heterocycles. The second-order valence-corrected chi connectivity index (χ2v) is 7.61. The van der Waals surface area contributed by atoms with Crippen LogP contribution in [0.4, 0.5) is 5.95 Å². The van der Waals surface area contributed by atoms with E-state index in [1.807, 2.05) is 0 Å². The Labute approximate surface area is 165 Å². The third-order valence-corrected chi connectivity index (χ3v) is 5.37. The van der Waals surface area contributed by atoms with E-state index in [0.717, 1.165) is 37.9 Å². The van der Waals surface area contributed by atoms with E-state index in [0.29, 0.717) is 0 Å². The third kappa shape index (κ3) is 3.27. The molecule has 0 N–H and O–H groups in total. The molecule has 0 fully saturated rings. The molecule has 4 nitrogen and oxygen atoms in total. The maximum atomic E-state index is 4.95. The van der Waals surface area contributed by atoms with Crippen molar-refractivity contribution in [2.45, 2.75) is 26.7 Å². The summed E-state index contributed by atoms with van der Waals surface area (Å²) in [5.41, 5.74) is 6.20. The first-order chi connectivity index (χ1) is 13.8. The molecule has 0 unspecified atom stereocenters. The summed E-state index contributed by atoms with van der Waals surface area (Å²) >= 11 is 0. The van der Waals surface area contributed by atoms with E-state index in [2.05, 4.69) is 100 Å². The van der Waals surface area contributed by atoms with Crippen molar-refractivity contribution >= 4 is 17.0 Å². The number of aromatic nitrogens is 2. The van der Waals surface area contributed by atoms with Gasteiger partial charge in [-0.2, -0.15) is 0 Å². The van der Waals surface area contributed by atoms with E-state index in [-0.39, 0.29) is 0 Å². The van der Waals surface area contributed by atoms with Crippen LogP contribution in [0, 0.1) is 6.92 Å². The molecule has 0 radical (unpaired) electrons. The number of fused-ring (bicyclic) bond motifs is 3. The van der Waals surface area contributed by atoms with Gasteiger partial charge in [0, 0.05) is 13.1 Å². The number of hydrogen-bond acceptors (Lipinski definition) is 3. The van der Waals surface area contributed by atoms with Crippen LogP contribution in [0.1, 0.15) is 16.7 Å². The molecule has 4 aromatic rings. The maximum Gasteiger partial charge on any atom is 0.209 e. The minimum Gasteiger partial charge on any atom is -0.325 e. The van der Waals surface area contributed by atoms with Gasteiger partial charge in [-0.05, 0) is 30.2 Å². The zero-order valence-corrected chi connectivity index (χ0v) is 16.1. The topological polar surface area (TPSA) is 24.3 Å². The Morgan fingerprint density at radius 3 is 2.29 bits per heavy atom. The van der Waals surface area contributed by atoms with Gasteiger partial charge in [-0.1, -0.05) is 72.3 Å². The molecular formula is C24H24N4. The SMILES string of the molecule is Cc1ccc(CN2CN(Cc3ccccc3)Cn3c2nc2ccccc23)cc1. The van der Waals surface area contributed by atoms with Gasteiger partial charge in [0.25, 0.3) is 0 Å². The van der Waals surface area contributed by atoms with Gasteiger partial charge in [-0.3, -0.25) is 9.47 Å². The highest BCUT2D eigenvalue weighted by molar-refractivity contribution is 5.79. The van der Waals surface area contributed by atoms with Crippen molar-refractivity contribution in [3.8, 4) is 0 Å². The predicted molar refractivity (Wildman–Crippen MR) is 114 cm³/mol. The molecule has 0 saturated heterocycles. The Bertz CT molecular complexity index is 1080. The number of nitrogens with zero attached hydrogens (tertiary/aromatic N) is 4. The van der Waals surface area contributed by atoms with E-state index in [4.69, 9.17) is 4.98 Å². The second kappa shape index (κ2) is 7.13. The van der Waals surface area contributed by atoms with E-state index < -0.39 is 0 Å². The van der Waals surface area contributed by atoms with E-state index in [1.165, 1.54) is 22.2 Å². The number of aryl methyl sites for hydroxylation is 1. The number of hydrogen-bond donors (Lipinski definition) is 0. The van der Waals surface area contributed by atoms with Gasteiger partial charge in [0.05, 0.1) is 24.4 Å². The van der Waals surface area contributed by atoms with Gasteiger partial charge in [-0.25, -0.2) is 4.98 Å². The van der Waals surface area contributed by atoms with Crippen LogP contribution in [0.2, 0.25) is 0 Å². The van der Waals surface area contributed by atoms with Crippen LogP contribution in [0.5, 0.6) is 0 Å². The van der Waals surface area contributed by atoms with Crippen molar-refractivity contribution in [2.75, 3.05) is 11.6 Å². The molecule has 28 heavy (non-hydrogen) atoms. The molecule has 0 aliphatic carbocycles. The summed E-state index contributed by atoms with van der Waals surface area (Å²) in [6, 6.07) is 27.9. The van der Waals surface area contributed by atoms with Gasteiger partial charge in [0.15, 0.2) is 0 Å². The fourth-order valence-electron chi connectivity index (χ4n) is 3.97. The zero-order chi connectivity index (χ0) is 18.9. The summed E-state index contributed by atoms with van der Waals surface area (Å²) < 4.78 is 2.34. The van der Waals surface area contributed by atoms with Crippen molar-refractivity contribution in [1.82, 2.24) is 14.5 Å². The average molecular weight is 368 g/mol. The first-order valence-electron chi connectivity index (χ1n) is 9.78. The van der Waals surface area contributed by atoms with Crippen LogP contribution in [-0.2, 0) is 19.8 Å². The highest BCUT2D eigenvalue weighted by Crippen LogP contribution is 2.28. The molecule has 0 atom stereocenters. The number of benzene rings is 3. The Morgan fingerprint density at radius 2 is 1.46 bits per heavy atom. The van der Waals surface area contributed by atoms with E-state index in [1.54, 1.807) is 0 Å². The van der Waals surface area contributed by atoms with Crippen LogP contribution in [0.3, 0.4) is 0 Å². The maximum absolute atomic E-state index is 4.95. The Morgan fingerprint density at radius 1 is 0.750 bits per heavy atom. The molecule has 0 saturated carbocycles. The normalized spacial score (nSPS) is 14.4. The molecule has 0 bridgehead atoms.